The quantitative estimate of drug-likeness (QED) is 0.0670. The highest BCUT2D eigenvalue weighted by Crippen LogP contribution is 2.52. The number of quaternary nitrogens is 1. The number of hydrogen-bond donors (Lipinski definition) is 3. The first-order valence-corrected chi connectivity index (χ1v) is 14.9. The van der Waals surface area contributed by atoms with E-state index in [4.69, 9.17) is 0 Å². The lowest BCUT2D eigenvalue weighted by Crippen LogP contribution is -2.49. The second-order valence-electron chi connectivity index (χ2n) is 10.7. The van der Waals surface area contributed by atoms with Crippen molar-refractivity contribution in [2.75, 3.05) is 27.7 Å². The maximum atomic E-state index is 11.8. The molecule has 5 nitrogen and oxygen atoms in total. The van der Waals surface area contributed by atoms with Gasteiger partial charge in [-0.2, -0.15) is 0 Å². The van der Waals surface area contributed by atoms with Crippen LogP contribution in [0.3, 0.4) is 0 Å². The van der Waals surface area contributed by atoms with Crippen LogP contribution in [-0.2, 0) is 4.57 Å². The zero-order valence-corrected chi connectivity index (χ0v) is 22.6. The Balaban J connectivity index is 3.60. The molecule has 0 spiro atoms. The van der Waals surface area contributed by atoms with Gasteiger partial charge in [0.2, 0.25) is 5.34 Å². The monoisotopic (exact) mass is 476 g/mol. The van der Waals surface area contributed by atoms with E-state index in [9.17, 15) is 19.5 Å². The Morgan fingerprint density at radius 3 is 1.44 bits per heavy atom. The van der Waals surface area contributed by atoms with E-state index >= 15 is 0 Å². The van der Waals surface area contributed by atoms with Crippen LogP contribution in [0.25, 0.3) is 0 Å². The summed E-state index contributed by atoms with van der Waals surface area (Å²) < 4.78 is 12.1. The predicted molar refractivity (Wildman–Crippen MR) is 138 cm³/mol. The third kappa shape index (κ3) is 18.3. The van der Waals surface area contributed by atoms with Crippen molar-refractivity contribution in [1.29, 1.82) is 0 Å². The Morgan fingerprint density at radius 2 is 1.06 bits per heavy atom. The number of hydrogen-bond acceptors (Lipinski definition) is 2. The van der Waals surface area contributed by atoms with Crippen LogP contribution < -0.4 is 0 Å². The van der Waals surface area contributed by atoms with Gasteiger partial charge >= 0.3 is 7.60 Å². The second kappa shape index (κ2) is 18.2. The Kier molecular flexibility index (Phi) is 18.1. The Morgan fingerprint density at radius 1 is 0.688 bits per heavy atom. The molecule has 0 aromatic heterocycles. The number of unbranched alkanes of at least 4 members (excludes halogenated alkanes) is 15. The van der Waals surface area contributed by atoms with E-state index in [1.165, 1.54) is 83.5 Å². The Bertz CT molecular complexity index is 512. The number of nitrogens with zero attached hydrogens (tertiary/aromatic N) is 1. The summed E-state index contributed by atoms with van der Waals surface area (Å²) in [7, 11) is 0.977. The molecule has 0 amide bonds. The van der Waals surface area contributed by atoms with Gasteiger partial charge in [0.05, 0.1) is 21.1 Å². The highest BCUT2D eigenvalue weighted by Gasteiger charge is 2.48. The first kappa shape index (κ1) is 31.8. The normalized spacial score (nSPS) is 14.8. The van der Waals surface area contributed by atoms with Crippen molar-refractivity contribution in [2.45, 2.75) is 128 Å². The summed E-state index contributed by atoms with van der Waals surface area (Å²) in [5, 5.41) is 8.63. The minimum Gasteiger partial charge on any atom is -0.373 e. The molecule has 0 bridgehead atoms. The van der Waals surface area contributed by atoms with Crippen LogP contribution in [-0.4, -0.2) is 52.4 Å². The molecule has 0 rings (SSSR count). The van der Waals surface area contributed by atoms with Crippen LogP contribution in [0.5, 0.6) is 0 Å². The summed E-state index contributed by atoms with van der Waals surface area (Å²) in [6, 6.07) is 0. The van der Waals surface area contributed by atoms with Gasteiger partial charge in [0.25, 0.3) is 0 Å². The maximum Gasteiger partial charge on any atom is 0.362 e. The molecule has 0 aliphatic carbocycles. The SMILES string of the molecule is CCCCCCCCC/C=C\CCCCCCCCCCC(O)(C[N+](C)(C)C)P(=O)(O)O. The van der Waals surface area contributed by atoms with Crippen LogP contribution >= 0.6 is 7.60 Å². The second-order valence-corrected chi connectivity index (χ2v) is 12.6. The van der Waals surface area contributed by atoms with Crippen LogP contribution in [0.1, 0.15) is 122 Å². The van der Waals surface area contributed by atoms with Gasteiger partial charge in [0.1, 0.15) is 6.54 Å². The zero-order valence-electron chi connectivity index (χ0n) is 21.7. The van der Waals surface area contributed by atoms with Crippen molar-refractivity contribution >= 4 is 7.60 Å². The molecule has 32 heavy (non-hydrogen) atoms. The fourth-order valence-electron chi connectivity index (χ4n) is 4.26. The largest absolute Gasteiger partial charge is 0.373 e. The van der Waals surface area contributed by atoms with Gasteiger partial charge in [-0.1, -0.05) is 96.1 Å². The van der Waals surface area contributed by atoms with Crippen LogP contribution in [0.4, 0.5) is 0 Å². The van der Waals surface area contributed by atoms with Gasteiger partial charge in [-0.05, 0) is 38.5 Å². The molecule has 6 heteroatoms. The van der Waals surface area contributed by atoms with Gasteiger partial charge < -0.3 is 19.4 Å². The average Bonchev–Trinajstić information content (AvgIpc) is 2.67. The van der Waals surface area contributed by atoms with Crippen LogP contribution in [0, 0.1) is 0 Å². The standard InChI is InChI=1S/C26H54NO4P/c1-5-6-7-8-9-10-11-12-13-14-15-16-17-18-19-20-21-22-23-24-26(28,32(29,30)31)25-27(2,3)4/h13-14,28H,5-12,15-25H2,1-4H3,(H-,29,30,31)/p+1/b14-13-. The molecule has 0 aliphatic heterocycles. The summed E-state index contributed by atoms with van der Waals surface area (Å²) in [6.07, 6.45) is 25.8. The molecule has 0 aliphatic rings. The number of likely N-dealkylation sites (N-methyl/N-ethyl adjacent to an activating group) is 1. The summed E-state index contributed by atoms with van der Waals surface area (Å²) in [6.45, 7) is 2.33. The number of rotatable bonds is 22. The van der Waals surface area contributed by atoms with E-state index in [1.807, 2.05) is 21.1 Å². The summed E-state index contributed by atoms with van der Waals surface area (Å²) >= 11 is 0. The van der Waals surface area contributed by atoms with Crippen LogP contribution in [0.15, 0.2) is 12.2 Å². The highest BCUT2D eigenvalue weighted by atomic mass is 31.2. The van der Waals surface area contributed by atoms with Gasteiger partial charge in [0, 0.05) is 0 Å². The van der Waals surface area contributed by atoms with E-state index in [-0.39, 0.29) is 13.0 Å². The van der Waals surface area contributed by atoms with Crippen molar-refractivity contribution < 1.29 is 23.9 Å². The molecule has 0 aromatic carbocycles. The summed E-state index contributed by atoms with van der Waals surface area (Å²) in [5.41, 5.74) is 0. The molecule has 1 atom stereocenters. The number of allylic oxidation sites excluding steroid dienone is 2. The van der Waals surface area contributed by atoms with Gasteiger partial charge in [-0.25, -0.2) is 0 Å². The fourth-order valence-corrected chi connectivity index (χ4v) is 5.32. The fraction of sp³-hybridized carbons (Fsp3) is 0.923. The van der Waals surface area contributed by atoms with Crippen molar-refractivity contribution in [3.05, 3.63) is 12.2 Å². The molecule has 0 fully saturated rings. The van der Waals surface area contributed by atoms with Crippen LogP contribution in [0.2, 0.25) is 0 Å². The van der Waals surface area contributed by atoms with Crippen molar-refractivity contribution in [3.8, 4) is 0 Å². The maximum absolute atomic E-state index is 11.8. The Hall–Kier alpha value is -0.190. The molecule has 0 radical (unpaired) electrons. The third-order valence-corrected chi connectivity index (χ3v) is 7.56. The summed E-state index contributed by atoms with van der Waals surface area (Å²) in [4.78, 5) is 19.2. The predicted octanol–water partition coefficient (Wildman–Crippen LogP) is 7.16. The molecule has 3 N–H and O–H groups in total. The third-order valence-electron chi connectivity index (χ3n) is 6.11. The molecule has 0 saturated carbocycles. The first-order chi connectivity index (χ1) is 15.0. The first-order valence-electron chi connectivity index (χ1n) is 13.3. The van der Waals surface area contributed by atoms with Gasteiger partial charge in [-0.3, -0.25) is 4.57 Å². The minimum atomic E-state index is -4.54. The lowest BCUT2D eigenvalue weighted by molar-refractivity contribution is -0.875. The smallest absolute Gasteiger partial charge is 0.362 e. The van der Waals surface area contributed by atoms with E-state index < -0.39 is 12.9 Å². The van der Waals surface area contributed by atoms with Crippen molar-refractivity contribution in [1.82, 2.24) is 0 Å². The topological polar surface area (TPSA) is 77.8 Å². The van der Waals surface area contributed by atoms with Crippen molar-refractivity contribution in [2.24, 2.45) is 0 Å². The molecule has 0 aromatic rings. The summed E-state index contributed by atoms with van der Waals surface area (Å²) in [5.74, 6) is 0. The minimum absolute atomic E-state index is 0.0603. The lowest BCUT2D eigenvalue weighted by Gasteiger charge is -2.35. The highest BCUT2D eigenvalue weighted by molar-refractivity contribution is 7.53. The number of aliphatic hydroxyl groups is 1. The Labute approximate surface area is 199 Å². The zero-order chi connectivity index (χ0) is 24.3. The molecule has 0 saturated heterocycles. The average molecular weight is 477 g/mol. The molecular formula is C26H55NO4P+. The lowest BCUT2D eigenvalue weighted by atomic mass is 10.0. The van der Waals surface area contributed by atoms with E-state index in [1.54, 1.807) is 0 Å². The molecular weight excluding hydrogens is 421 g/mol. The van der Waals surface area contributed by atoms with E-state index in [0.717, 1.165) is 19.3 Å². The van der Waals surface area contributed by atoms with E-state index in [2.05, 4.69) is 19.1 Å². The molecule has 0 heterocycles. The van der Waals surface area contributed by atoms with Gasteiger partial charge in [-0.15, -0.1) is 0 Å². The van der Waals surface area contributed by atoms with E-state index in [0.29, 0.717) is 10.9 Å². The van der Waals surface area contributed by atoms with Crippen molar-refractivity contribution in [3.63, 3.8) is 0 Å². The van der Waals surface area contributed by atoms with Gasteiger partial charge in [0.15, 0.2) is 0 Å². The molecule has 192 valence electrons. The molecule has 1 unspecified atom stereocenters.